The van der Waals surface area contributed by atoms with Crippen LogP contribution in [0.4, 0.5) is 8.78 Å². The number of Topliss-reactive ketones (excluding diaryl/α,β-unsaturated/α-hetero) is 1. The Bertz CT molecular complexity index is 687. The van der Waals surface area contributed by atoms with Crippen molar-refractivity contribution in [2.75, 3.05) is 13.6 Å². The number of likely N-dealkylation sites (tertiary alicyclic amines) is 1. The molecule has 1 aromatic rings. The first kappa shape index (κ1) is 16.7. The molecule has 1 aromatic carbocycles. The summed E-state index contributed by atoms with van der Waals surface area (Å²) in [5.74, 6) is 0.997. The summed E-state index contributed by atoms with van der Waals surface area (Å²) in [6, 6.07) is 6.46. The number of hydrogen-bond acceptors (Lipinski definition) is 5. The average molecular weight is 336 g/mol. The minimum Gasteiger partial charge on any atom is -0.395 e. The van der Waals surface area contributed by atoms with Gasteiger partial charge in [-0.15, -0.1) is 8.78 Å². The second kappa shape index (κ2) is 6.36. The fraction of sp³-hybridized carbons (Fsp3) is 0.529. The van der Waals surface area contributed by atoms with E-state index in [4.69, 9.17) is 5.26 Å². The average Bonchev–Trinajstić information content (AvgIpc) is 3.06. The SMILES string of the molecule is CN1CCC2CCC(=O)CC21.N#Cc1cccc2c1OC(F)(F)O2. The minimum absolute atomic E-state index is 0.0367. The van der Waals surface area contributed by atoms with Gasteiger partial charge in [0.1, 0.15) is 11.9 Å². The van der Waals surface area contributed by atoms with Crippen LogP contribution in [-0.4, -0.2) is 36.6 Å². The molecule has 4 rings (SSSR count). The number of hydrogen-bond donors (Lipinski definition) is 0. The van der Waals surface area contributed by atoms with Crippen LogP contribution in [-0.2, 0) is 4.79 Å². The number of nitrogens with zero attached hydrogens (tertiary/aromatic N) is 2. The molecule has 24 heavy (non-hydrogen) atoms. The van der Waals surface area contributed by atoms with E-state index in [0.717, 1.165) is 25.2 Å². The summed E-state index contributed by atoms with van der Waals surface area (Å²) in [6.45, 7) is 1.20. The van der Waals surface area contributed by atoms with Gasteiger partial charge in [-0.05, 0) is 44.5 Å². The third-order valence-electron chi connectivity index (χ3n) is 4.74. The molecular formula is C17H18F2N2O3. The Morgan fingerprint density at radius 3 is 2.88 bits per heavy atom. The van der Waals surface area contributed by atoms with Crippen molar-refractivity contribution < 1.29 is 23.0 Å². The Balaban J connectivity index is 0.000000143. The van der Waals surface area contributed by atoms with Crippen LogP contribution in [0.15, 0.2) is 18.2 Å². The number of halogens is 2. The van der Waals surface area contributed by atoms with Crippen LogP contribution in [0, 0.1) is 17.2 Å². The third-order valence-corrected chi connectivity index (χ3v) is 4.74. The third kappa shape index (κ3) is 3.34. The Hall–Kier alpha value is -2.20. The molecule has 2 fully saturated rings. The van der Waals surface area contributed by atoms with E-state index in [1.807, 2.05) is 0 Å². The molecule has 0 N–H and O–H groups in total. The molecule has 0 spiro atoms. The van der Waals surface area contributed by atoms with Crippen molar-refractivity contribution >= 4 is 5.78 Å². The number of ketones is 1. The first-order valence-electron chi connectivity index (χ1n) is 7.90. The van der Waals surface area contributed by atoms with Gasteiger partial charge in [0.2, 0.25) is 0 Å². The molecule has 2 aliphatic heterocycles. The van der Waals surface area contributed by atoms with Gasteiger partial charge in [-0.2, -0.15) is 5.26 Å². The van der Waals surface area contributed by atoms with Gasteiger partial charge in [0.25, 0.3) is 0 Å². The molecule has 2 atom stereocenters. The number of alkyl halides is 2. The summed E-state index contributed by atoms with van der Waals surface area (Å²) in [7, 11) is 2.14. The molecule has 128 valence electrons. The van der Waals surface area contributed by atoms with Crippen LogP contribution in [0.25, 0.3) is 0 Å². The Labute approximate surface area is 138 Å². The molecule has 2 unspecified atom stereocenters. The highest BCUT2D eigenvalue weighted by atomic mass is 19.3. The van der Waals surface area contributed by atoms with Gasteiger partial charge in [-0.25, -0.2) is 0 Å². The number of ether oxygens (including phenoxy) is 2. The fourth-order valence-corrected chi connectivity index (χ4v) is 3.49. The number of fused-ring (bicyclic) bond motifs is 2. The van der Waals surface area contributed by atoms with Crippen molar-refractivity contribution in [1.29, 1.82) is 5.26 Å². The number of rotatable bonds is 0. The molecule has 5 nitrogen and oxygen atoms in total. The molecule has 1 saturated heterocycles. The highest BCUT2D eigenvalue weighted by molar-refractivity contribution is 5.80. The molecule has 0 bridgehead atoms. The lowest BCUT2D eigenvalue weighted by Gasteiger charge is -2.28. The highest BCUT2D eigenvalue weighted by Gasteiger charge is 2.44. The van der Waals surface area contributed by atoms with Crippen LogP contribution in [0.1, 0.15) is 31.2 Å². The van der Waals surface area contributed by atoms with Gasteiger partial charge in [-0.3, -0.25) is 4.79 Å². The fourth-order valence-electron chi connectivity index (χ4n) is 3.49. The van der Waals surface area contributed by atoms with Crippen LogP contribution in [0.5, 0.6) is 11.5 Å². The van der Waals surface area contributed by atoms with E-state index in [0.29, 0.717) is 11.8 Å². The van der Waals surface area contributed by atoms with Gasteiger partial charge in [0.15, 0.2) is 11.5 Å². The number of carbonyl (C=O) groups is 1. The van der Waals surface area contributed by atoms with E-state index < -0.39 is 6.29 Å². The molecule has 0 radical (unpaired) electrons. The van der Waals surface area contributed by atoms with Crippen LogP contribution in [0.2, 0.25) is 0 Å². The Kier molecular flexibility index (Phi) is 4.41. The molecule has 0 amide bonds. The predicted octanol–water partition coefficient (Wildman–Crippen LogP) is 2.94. The first-order chi connectivity index (χ1) is 11.4. The maximum Gasteiger partial charge on any atom is 0.586 e. The topological polar surface area (TPSA) is 62.6 Å². The number of para-hydroxylation sites is 1. The van der Waals surface area contributed by atoms with Crippen molar-refractivity contribution in [2.45, 2.75) is 38.0 Å². The zero-order valence-electron chi connectivity index (χ0n) is 13.3. The molecule has 0 aromatic heterocycles. The van der Waals surface area contributed by atoms with E-state index in [1.165, 1.54) is 31.2 Å². The van der Waals surface area contributed by atoms with Crippen LogP contribution >= 0.6 is 0 Å². The molecular weight excluding hydrogens is 318 g/mol. The van der Waals surface area contributed by atoms with Crippen molar-refractivity contribution in [2.24, 2.45) is 5.92 Å². The molecule has 1 aliphatic carbocycles. The Morgan fingerprint density at radius 1 is 1.33 bits per heavy atom. The molecule has 2 heterocycles. The summed E-state index contributed by atoms with van der Waals surface area (Å²) in [5, 5.41) is 8.54. The lowest BCUT2D eigenvalue weighted by Crippen LogP contribution is -2.35. The smallest absolute Gasteiger partial charge is 0.395 e. The zero-order chi connectivity index (χ0) is 17.3. The van der Waals surface area contributed by atoms with Gasteiger partial charge in [0, 0.05) is 18.9 Å². The standard InChI is InChI=1S/C9H15NO.C8H3F2NO2/c1-10-5-4-7-2-3-8(11)6-9(7)10;9-8(10)12-6-3-1-2-5(4-11)7(6)13-8/h7,9H,2-6H2,1H3;1-3H. The van der Waals surface area contributed by atoms with Crippen molar-refractivity contribution in [1.82, 2.24) is 4.90 Å². The van der Waals surface area contributed by atoms with Gasteiger partial charge in [-0.1, -0.05) is 6.07 Å². The maximum atomic E-state index is 12.5. The lowest BCUT2D eigenvalue weighted by molar-refractivity contribution is -0.286. The van der Waals surface area contributed by atoms with Gasteiger partial charge in [0.05, 0.1) is 5.56 Å². The Morgan fingerprint density at radius 2 is 2.12 bits per heavy atom. The highest BCUT2D eigenvalue weighted by Crippen LogP contribution is 2.42. The van der Waals surface area contributed by atoms with Crippen LogP contribution < -0.4 is 9.47 Å². The van der Waals surface area contributed by atoms with Crippen molar-refractivity contribution in [3.63, 3.8) is 0 Å². The second-order valence-corrected chi connectivity index (χ2v) is 6.29. The molecule has 7 heteroatoms. The number of nitriles is 1. The van der Waals surface area contributed by atoms with Gasteiger partial charge < -0.3 is 14.4 Å². The largest absolute Gasteiger partial charge is 0.586 e. The summed E-state index contributed by atoms with van der Waals surface area (Å²) >= 11 is 0. The van der Waals surface area contributed by atoms with E-state index in [2.05, 4.69) is 21.4 Å². The first-order valence-corrected chi connectivity index (χ1v) is 7.90. The zero-order valence-corrected chi connectivity index (χ0v) is 13.3. The maximum absolute atomic E-state index is 12.5. The summed E-state index contributed by atoms with van der Waals surface area (Å²) in [5.41, 5.74) is 0.0367. The summed E-state index contributed by atoms with van der Waals surface area (Å²) in [6.07, 6.45) is 0.466. The number of benzene rings is 1. The van der Waals surface area contributed by atoms with E-state index in [-0.39, 0.29) is 17.1 Å². The monoisotopic (exact) mass is 336 g/mol. The second-order valence-electron chi connectivity index (χ2n) is 6.29. The summed E-state index contributed by atoms with van der Waals surface area (Å²) in [4.78, 5) is 13.5. The quantitative estimate of drug-likeness (QED) is 0.729. The molecule has 3 aliphatic rings. The van der Waals surface area contributed by atoms with Crippen LogP contribution in [0.3, 0.4) is 0 Å². The lowest BCUT2D eigenvalue weighted by atomic mass is 9.84. The molecule has 1 saturated carbocycles. The normalized spacial score (nSPS) is 27.0. The van der Waals surface area contributed by atoms with Gasteiger partial charge >= 0.3 is 6.29 Å². The predicted molar refractivity (Wildman–Crippen MR) is 80.7 cm³/mol. The summed E-state index contributed by atoms with van der Waals surface area (Å²) < 4.78 is 33.3. The van der Waals surface area contributed by atoms with E-state index in [9.17, 15) is 13.6 Å². The number of carbonyl (C=O) groups excluding carboxylic acids is 1. The van der Waals surface area contributed by atoms with E-state index >= 15 is 0 Å². The van der Waals surface area contributed by atoms with Crippen molar-refractivity contribution in [3.05, 3.63) is 23.8 Å². The minimum atomic E-state index is -3.66. The van der Waals surface area contributed by atoms with Crippen molar-refractivity contribution in [3.8, 4) is 17.6 Å². The van der Waals surface area contributed by atoms with E-state index in [1.54, 1.807) is 6.07 Å².